The van der Waals surface area contributed by atoms with Crippen molar-refractivity contribution in [1.82, 2.24) is 0 Å². The zero-order valence-electron chi connectivity index (χ0n) is 11.7. The van der Waals surface area contributed by atoms with Crippen molar-refractivity contribution in [2.45, 2.75) is 39.7 Å². The molecular formula is C17H23N. The molecule has 0 bridgehead atoms. The van der Waals surface area contributed by atoms with Gasteiger partial charge in [0.05, 0.1) is 0 Å². The van der Waals surface area contributed by atoms with Gasteiger partial charge < -0.3 is 4.90 Å². The summed E-state index contributed by atoms with van der Waals surface area (Å²) in [5.74, 6) is 0. The van der Waals surface area contributed by atoms with Gasteiger partial charge >= 0.3 is 0 Å². The average Bonchev–Trinajstić information content (AvgIpc) is 2.44. The third-order valence-electron chi connectivity index (χ3n) is 3.80. The maximum absolute atomic E-state index is 2.54. The highest BCUT2D eigenvalue weighted by Crippen LogP contribution is 2.29. The van der Waals surface area contributed by atoms with Gasteiger partial charge in [-0.2, -0.15) is 0 Å². The SMILES string of the molecule is CCC(CC)N(CC)c1cccc2ccccc12. The van der Waals surface area contributed by atoms with Crippen molar-refractivity contribution in [3.63, 3.8) is 0 Å². The zero-order chi connectivity index (χ0) is 13.0. The predicted molar refractivity (Wildman–Crippen MR) is 81.3 cm³/mol. The third kappa shape index (κ3) is 2.35. The van der Waals surface area contributed by atoms with Crippen LogP contribution in [0.1, 0.15) is 33.6 Å². The van der Waals surface area contributed by atoms with Gasteiger partial charge in [-0.05, 0) is 31.2 Å². The van der Waals surface area contributed by atoms with Gasteiger partial charge in [0.1, 0.15) is 0 Å². The number of hydrogen-bond acceptors (Lipinski definition) is 1. The van der Waals surface area contributed by atoms with E-state index in [2.05, 4.69) is 68.1 Å². The van der Waals surface area contributed by atoms with E-state index >= 15 is 0 Å². The first-order valence-corrected chi connectivity index (χ1v) is 7.06. The highest BCUT2D eigenvalue weighted by atomic mass is 15.2. The van der Waals surface area contributed by atoms with Gasteiger partial charge in [0.25, 0.3) is 0 Å². The lowest BCUT2D eigenvalue weighted by molar-refractivity contribution is 0.568. The summed E-state index contributed by atoms with van der Waals surface area (Å²) in [6.45, 7) is 7.88. The van der Waals surface area contributed by atoms with Crippen LogP contribution in [0.15, 0.2) is 42.5 Å². The molecule has 1 heteroatoms. The van der Waals surface area contributed by atoms with Crippen LogP contribution in [0.3, 0.4) is 0 Å². The van der Waals surface area contributed by atoms with Crippen molar-refractivity contribution >= 4 is 16.5 Å². The number of benzene rings is 2. The lowest BCUT2D eigenvalue weighted by atomic mass is 10.0. The number of nitrogens with zero attached hydrogens (tertiary/aromatic N) is 1. The minimum absolute atomic E-state index is 0.640. The summed E-state index contributed by atoms with van der Waals surface area (Å²) < 4.78 is 0. The van der Waals surface area contributed by atoms with E-state index < -0.39 is 0 Å². The van der Waals surface area contributed by atoms with Crippen molar-refractivity contribution in [1.29, 1.82) is 0 Å². The molecule has 0 saturated heterocycles. The Balaban J connectivity index is 2.51. The molecule has 0 amide bonds. The molecule has 0 saturated carbocycles. The normalized spacial score (nSPS) is 11.1. The lowest BCUT2D eigenvalue weighted by Crippen LogP contribution is -2.34. The van der Waals surface area contributed by atoms with E-state index in [9.17, 15) is 0 Å². The molecule has 0 fully saturated rings. The van der Waals surface area contributed by atoms with Crippen molar-refractivity contribution in [3.8, 4) is 0 Å². The topological polar surface area (TPSA) is 3.24 Å². The minimum Gasteiger partial charge on any atom is -0.368 e. The Morgan fingerprint density at radius 3 is 2.22 bits per heavy atom. The van der Waals surface area contributed by atoms with Gasteiger partial charge in [-0.25, -0.2) is 0 Å². The first-order chi connectivity index (χ1) is 8.81. The van der Waals surface area contributed by atoms with Crippen LogP contribution in [-0.4, -0.2) is 12.6 Å². The Bertz CT molecular complexity index is 494. The van der Waals surface area contributed by atoms with E-state index in [1.165, 1.54) is 29.3 Å². The van der Waals surface area contributed by atoms with Crippen molar-refractivity contribution in [2.24, 2.45) is 0 Å². The number of anilines is 1. The van der Waals surface area contributed by atoms with Crippen LogP contribution in [0, 0.1) is 0 Å². The standard InChI is InChI=1S/C17H23N/c1-4-15(5-2)18(6-3)17-13-9-11-14-10-7-8-12-16(14)17/h7-13,15H,4-6H2,1-3H3. The summed E-state index contributed by atoms with van der Waals surface area (Å²) >= 11 is 0. The Morgan fingerprint density at radius 1 is 0.889 bits per heavy atom. The van der Waals surface area contributed by atoms with E-state index in [-0.39, 0.29) is 0 Å². The largest absolute Gasteiger partial charge is 0.368 e. The van der Waals surface area contributed by atoms with Crippen molar-refractivity contribution in [2.75, 3.05) is 11.4 Å². The number of hydrogen-bond donors (Lipinski definition) is 0. The molecule has 0 unspecified atom stereocenters. The average molecular weight is 241 g/mol. The van der Waals surface area contributed by atoms with Crippen LogP contribution in [0.2, 0.25) is 0 Å². The van der Waals surface area contributed by atoms with Crippen LogP contribution in [0.4, 0.5) is 5.69 Å². The van der Waals surface area contributed by atoms with Gasteiger partial charge in [-0.3, -0.25) is 0 Å². The fraction of sp³-hybridized carbons (Fsp3) is 0.412. The van der Waals surface area contributed by atoms with Crippen LogP contribution >= 0.6 is 0 Å². The molecule has 0 N–H and O–H groups in total. The molecule has 2 rings (SSSR count). The second-order valence-corrected chi connectivity index (χ2v) is 4.75. The van der Waals surface area contributed by atoms with E-state index in [4.69, 9.17) is 0 Å². The quantitative estimate of drug-likeness (QED) is 0.723. The Morgan fingerprint density at radius 2 is 1.56 bits per heavy atom. The third-order valence-corrected chi connectivity index (χ3v) is 3.80. The second kappa shape index (κ2) is 5.90. The predicted octanol–water partition coefficient (Wildman–Crippen LogP) is 4.85. The molecule has 18 heavy (non-hydrogen) atoms. The smallest absolute Gasteiger partial charge is 0.0448 e. The molecule has 96 valence electrons. The van der Waals surface area contributed by atoms with Crippen molar-refractivity contribution in [3.05, 3.63) is 42.5 Å². The summed E-state index contributed by atoms with van der Waals surface area (Å²) in [6, 6.07) is 15.9. The zero-order valence-corrected chi connectivity index (χ0v) is 11.7. The molecule has 0 aliphatic rings. The molecule has 0 heterocycles. The van der Waals surface area contributed by atoms with Crippen molar-refractivity contribution < 1.29 is 0 Å². The first-order valence-electron chi connectivity index (χ1n) is 7.06. The molecule has 0 aliphatic carbocycles. The summed E-state index contributed by atoms with van der Waals surface area (Å²) in [6.07, 6.45) is 2.40. The molecule has 0 aromatic heterocycles. The molecule has 0 aliphatic heterocycles. The summed E-state index contributed by atoms with van der Waals surface area (Å²) in [4.78, 5) is 2.54. The van der Waals surface area contributed by atoms with Crippen LogP contribution in [0.5, 0.6) is 0 Å². The number of fused-ring (bicyclic) bond motifs is 1. The van der Waals surface area contributed by atoms with Crippen LogP contribution in [0.25, 0.3) is 10.8 Å². The molecule has 2 aromatic rings. The Kier molecular flexibility index (Phi) is 4.24. The van der Waals surface area contributed by atoms with Gasteiger partial charge in [0.2, 0.25) is 0 Å². The van der Waals surface area contributed by atoms with Crippen LogP contribution in [-0.2, 0) is 0 Å². The van der Waals surface area contributed by atoms with Crippen LogP contribution < -0.4 is 4.90 Å². The Hall–Kier alpha value is -1.50. The highest BCUT2D eigenvalue weighted by molar-refractivity contribution is 5.94. The van der Waals surface area contributed by atoms with E-state index in [0.717, 1.165) is 6.54 Å². The monoisotopic (exact) mass is 241 g/mol. The van der Waals surface area contributed by atoms with Gasteiger partial charge in [-0.15, -0.1) is 0 Å². The lowest BCUT2D eigenvalue weighted by Gasteiger charge is -2.32. The first kappa shape index (κ1) is 12.9. The van der Waals surface area contributed by atoms with E-state index in [1.807, 2.05) is 0 Å². The fourth-order valence-electron chi connectivity index (χ4n) is 2.81. The molecule has 0 spiro atoms. The highest BCUT2D eigenvalue weighted by Gasteiger charge is 2.15. The van der Waals surface area contributed by atoms with Gasteiger partial charge in [0.15, 0.2) is 0 Å². The summed E-state index contributed by atoms with van der Waals surface area (Å²) in [7, 11) is 0. The summed E-state index contributed by atoms with van der Waals surface area (Å²) in [5, 5.41) is 2.70. The molecule has 1 nitrogen and oxygen atoms in total. The maximum atomic E-state index is 2.54. The molecule has 2 aromatic carbocycles. The van der Waals surface area contributed by atoms with E-state index in [0.29, 0.717) is 6.04 Å². The minimum atomic E-state index is 0.640. The second-order valence-electron chi connectivity index (χ2n) is 4.75. The molecule has 0 atom stereocenters. The molecular weight excluding hydrogens is 218 g/mol. The fourth-order valence-corrected chi connectivity index (χ4v) is 2.81. The number of rotatable bonds is 5. The summed E-state index contributed by atoms with van der Waals surface area (Å²) in [5.41, 5.74) is 1.38. The molecule has 0 radical (unpaired) electrons. The Labute approximate surface area is 110 Å². The van der Waals surface area contributed by atoms with Gasteiger partial charge in [-0.1, -0.05) is 50.2 Å². The van der Waals surface area contributed by atoms with Gasteiger partial charge in [0, 0.05) is 23.7 Å². The van der Waals surface area contributed by atoms with E-state index in [1.54, 1.807) is 0 Å². The maximum Gasteiger partial charge on any atom is 0.0448 e.